The number of nitrogens with zero attached hydrogens (tertiary/aromatic N) is 2. The lowest BCUT2D eigenvalue weighted by Gasteiger charge is -2.05. The third-order valence-corrected chi connectivity index (χ3v) is 4.24. The molecule has 2 aromatic carbocycles. The minimum absolute atomic E-state index is 0.00174. The Morgan fingerprint density at radius 3 is 2.32 bits per heavy atom. The molecule has 0 saturated heterocycles. The third kappa shape index (κ3) is 5.55. The Labute approximate surface area is 148 Å². The average molecular weight is 342 g/mol. The van der Waals surface area contributed by atoms with Gasteiger partial charge in [0.2, 0.25) is 0 Å². The van der Waals surface area contributed by atoms with Gasteiger partial charge in [0.25, 0.3) is 5.91 Å². The summed E-state index contributed by atoms with van der Waals surface area (Å²) >= 11 is 0. The molecule has 0 unspecified atom stereocenters. The van der Waals surface area contributed by atoms with Crippen LogP contribution in [0.2, 0.25) is 0 Å². The maximum absolute atomic E-state index is 11.8. The zero-order valence-corrected chi connectivity index (χ0v) is 14.7. The van der Waals surface area contributed by atoms with Crippen LogP contribution in [0.5, 0.6) is 11.5 Å². The second-order valence-corrected chi connectivity index (χ2v) is 6.27. The molecule has 0 heterocycles. The highest BCUT2D eigenvalue weighted by Crippen LogP contribution is 2.40. The molecule has 2 N–H and O–H groups in total. The average Bonchev–Trinajstić information content (AvgIpc) is 2.63. The molecule has 25 heavy (non-hydrogen) atoms. The van der Waals surface area contributed by atoms with Gasteiger partial charge in [0, 0.05) is 23.3 Å². The normalized spacial score (nSPS) is 11.4. The Morgan fingerprint density at radius 2 is 1.60 bits per heavy atom. The van der Waals surface area contributed by atoms with Crippen molar-refractivity contribution >= 4 is 22.4 Å². The van der Waals surface area contributed by atoms with Crippen molar-refractivity contribution < 1.29 is 15.0 Å². The number of carbonyl (C=O) groups excluding carboxylic acids is 1. The van der Waals surface area contributed by atoms with Crippen LogP contribution in [0.3, 0.4) is 0 Å². The minimum Gasteiger partial charge on any atom is -0.507 e. The summed E-state index contributed by atoms with van der Waals surface area (Å²) in [5.41, 5.74) is 0.101. The van der Waals surface area contributed by atoms with Crippen LogP contribution in [-0.2, 0) is 4.79 Å². The van der Waals surface area contributed by atoms with Crippen molar-refractivity contribution in [3.05, 3.63) is 30.3 Å². The number of amides is 1. The molecule has 0 aliphatic heterocycles. The molecule has 0 spiro atoms. The fourth-order valence-corrected chi connectivity index (χ4v) is 2.80. The summed E-state index contributed by atoms with van der Waals surface area (Å²) in [5.74, 6) is -0.386. The molecular formula is C20H26N2O3. The zero-order chi connectivity index (χ0) is 18.1. The van der Waals surface area contributed by atoms with Gasteiger partial charge in [-0.2, -0.15) is 0 Å². The van der Waals surface area contributed by atoms with Crippen LogP contribution < -0.4 is 0 Å². The number of benzene rings is 2. The third-order valence-electron chi connectivity index (χ3n) is 4.24. The van der Waals surface area contributed by atoms with Crippen molar-refractivity contribution in [1.29, 1.82) is 0 Å². The molecule has 1 amide bonds. The molecule has 134 valence electrons. The largest absolute Gasteiger partial charge is 0.507 e. The minimum atomic E-state index is -0.305. The molecule has 2 rings (SSSR count). The van der Waals surface area contributed by atoms with Gasteiger partial charge >= 0.3 is 0 Å². The standard InChI is InChI=1S/C20H26N2O3/c1-2-3-4-5-6-7-8-13-19(24)22-21-17-14-18(23)15-11-9-10-12-16(15)20(17)25/h9-12,14,23,25H,2-8,13H2,1H3. The van der Waals surface area contributed by atoms with E-state index >= 15 is 0 Å². The smallest absolute Gasteiger partial charge is 0.264 e. The first kappa shape index (κ1) is 18.9. The summed E-state index contributed by atoms with van der Waals surface area (Å²) in [4.78, 5) is 11.8. The first-order valence-corrected chi connectivity index (χ1v) is 9.01. The monoisotopic (exact) mass is 342 g/mol. The summed E-state index contributed by atoms with van der Waals surface area (Å²) in [6.07, 6.45) is 8.31. The number of carbonyl (C=O) groups is 1. The van der Waals surface area contributed by atoms with Gasteiger partial charge in [-0.1, -0.05) is 69.7 Å². The van der Waals surface area contributed by atoms with Crippen LogP contribution in [-0.4, -0.2) is 16.1 Å². The molecule has 0 bridgehead atoms. The molecule has 0 aliphatic rings. The van der Waals surface area contributed by atoms with Crippen molar-refractivity contribution in [3.63, 3.8) is 0 Å². The fourth-order valence-electron chi connectivity index (χ4n) is 2.80. The summed E-state index contributed by atoms with van der Waals surface area (Å²) in [5, 5.41) is 28.7. The topological polar surface area (TPSA) is 82.2 Å². The second kappa shape index (κ2) is 9.77. The van der Waals surface area contributed by atoms with E-state index in [-0.39, 0.29) is 23.1 Å². The van der Waals surface area contributed by atoms with Crippen LogP contribution in [0.4, 0.5) is 5.69 Å². The van der Waals surface area contributed by atoms with E-state index in [4.69, 9.17) is 0 Å². The first-order chi connectivity index (χ1) is 12.1. The summed E-state index contributed by atoms with van der Waals surface area (Å²) in [6, 6.07) is 8.24. The van der Waals surface area contributed by atoms with Gasteiger partial charge in [-0.25, -0.2) is 0 Å². The second-order valence-electron chi connectivity index (χ2n) is 6.27. The molecule has 2 aromatic rings. The molecule has 5 nitrogen and oxygen atoms in total. The fraction of sp³-hybridized carbons (Fsp3) is 0.450. The van der Waals surface area contributed by atoms with Crippen molar-refractivity contribution in [2.75, 3.05) is 0 Å². The molecule has 0 saturated carbocycles. The van der Waals surface area contributed by atoms with Gasteiger partial charge in [0.1, 0.15) is 11.4 Å². The lowest BCUT2D eigenvalue weighted by atomic mass is 10.1. The Balaban J connectivity index is 1.88. The molecule has 0 atom stereocenters. The predicted octanol–water partition coefficient (Wildman–Crippen LogP) is 6.00. The van der Waals surface area contributed by atoms with Gasteiger partial charge in [-0.05, 0) is 6.42 Å². The van der Waals surface area contributed by atoms with Gasteiger partial charge < -0.3 is 10.2 Å². The van der Waals surface area contributed by atoms with Crippen LogP contribution >= 0.6 is 0 Å². The number of phenolic OH excluding ortho intramolecular Hbond substituents is 2. The van der Waals surface area contributed by atoms with E-state index in [1.807, 2.05) is 0 Å². The molecular weight excluding hydrogens is 316 g/mol. The number of phenols is 2. The van der Waals surface area contributed by atoms with Gasteiger partial charge in [0.05, 0.1) is 0 Å². The van der Waals surface area contributed by atoms with E-state index in [0.717, 1.165) is 19.3 Å². The van der Waals surface area contributed by atoms with Crippen molar-refractivity contribution in [1.82, 2.24) is 0 Å². The summed E-state index contributed by atoms with van der Waals surface area (Å²) in [7, 11) is 0. The number of azo groups is 1. The van der Waals surface area contributed by atoms with E-state index in [1.54, 1.807) is 24.3 Å². The SMILES string of the molecule is CCCCCCCCCC(=O)N=Nc1cc(O)c2ccccc2c1O. The Kier molecular flexibility index (Phi) is 7.38. The molecule has 0 fully saturated rings. The highest BCUT2D eigenvalue weighted by Gasteiger charge is 2.10. The lowest BCUT2D eigenvalue weighted by Crippen LogP contribution is -1.92. The van der Waals surface area contributed by atoms with E-state index in [9.17, 15) is 15.0 Å². The van der Waals surface area contributed by atoms with Crippen LogP contribution in [0, 0.1) is 0 Å². The Morgan fingerprint density at radius 1 is 0.960 bits per heavy atom. The highest BCUT2D eigenvalue weighted by molar-refractivity contribution is 5.96. The van der Waals surface area contributed by atoms with E-state index in [0.29, 0.717) is 17.2 Å². The van der Waals surface area contributed by atoms with Gasteiger partial charge in [-0.3, -0.25) is 4.79 Å². The van der Waals surface area contributed by atoms with Crippen LogP contribution in [0.15, 0.2) is 40.6 Å². The van der Waals surface area contributed by atoms with Crippen molar-refractivity contribution in [3.8, 4) is 11.5 Å². The lowest BCUT2D eigenvalue weighted by molar-refractivity contribution is -0.118. The molecule has 0 aliphatic carbocycles. The van der Waals surface area contributed by atoms with E-state index in [1.165, 1.54) is 31.7 Å². The molecule has 0 radical (unpaired) electrons. The number of hydrogen-bond acceptors (Lipinski definition) is 4. The van der Waals surface area contributed by atoms with E-state index < -0.39 is 0 Å². The summed E-state index contributed by atoms with van der Waals surface area (Å²) in [6.45, 7) is 2.19. The van der Waals surface area contributed by atoms with Gasteiger partial charge in [0.15, 0.2) is 5.75 Å². The number of hydrogen-bond donors (Lipinski definition) is 2. The number of fused-ring (bicyclic) bond motifs is 1. The first-order valence-electron chi connectivity index (χ1n) is 9.01. The Hall–Kier alpha value is -2.43. The number of rotatable bonds is 9. The molecule has 5 heteroatoms. The summed E-state index contributed by atoms with van der Waals surface area (Å²) < 4.78 is 0. The zero-order valence-electron chi connectivity index (χ0n) is 14.7. The molecule has 0 aromatic heterocycles. The highest BCUT2D eigenvalue weighted by atomic mass is 16.3. The van der Waals surface area contributed by atoms with Crippen LogP contribution in [0.25, 0.3) is 10.8 Å². The predicted molar refractivity (Wildman–Crippen MR) is 99.4 cm³/mol. The van der Waals surface area contributed by atoms with Crippen molar-refractivity contribution in [2.24, 2.45) is 10.2 Å². The van der Waals surface area contributed by atoms with Crippen molar-refractivity contribution in [2.45, 2.75) is 58.3 Å². The van der Waals surface area contributed by atoms with Gasteiger partial charge in [-0.15, -0.1) is 10.2 Å². The maximum atomic E-state index is 11.8. The number of unbranched alkanes of at least 4 members (excludes halogenated alkanes) is 6. The maximum Gasteiger partial charge on any atom is 0.264 e. The quantitative estimate of drug-likeness (QED) is 0.333. The Bertz CT molecular complexity index is 741. The number of aromatic hydroxyl groups is 2. The van der Waals surface area contributed by atoms with Crippen LogP contribution in [0.1, 0.15) is 58.3 Å². The van der Waals surface area contributed by atoms with E-state index in [2.05, 4.69) is 17.2 Å².